The first kappa shape index (κ1) is 31.0. The number of unbranched alkanes of at least 4 members (excludes halogenated alkanes) is 11. The van der Waals surface area contributed by atoms with E-state index in [4.69, 9.17) is 4.74 Å². The van der Waals surface area contributed by atoms with E-state index < -0.39 is 36.8 Å². The first-order chi connectivity index (χ1) is 16.0. The van der Waals surface area contributed by atoms with Gasteiger partial charge in [0.15, 0.2) is 0 Å². The van der Waals surface area contributed by atoms with Crippen molar-refractivity contribution >= 4 is 65.2 Å². The van der Waals surface area contributed by atoms with E-state index in [1.807, 2.05) is 11.3 Å². The van der Waals surface area contributed by atoms with Crippen LogP contribution in [-0.2, 0) is 0 Å². The van der Waals surface area contributed by atoms with Crippen molar-refractivity contribution in [2.45, 2.75) is 121 Å². The third-order valence-corrected chi connectivity index (χ3v) is 27.9. The van der Waals surface area contributed by atoms with Gasteiger partial charge in [-0.15, -0.1) is 0 Å². The van der Waals surface area contributed by atoms with E-state index in [0.29, 0.717) is 0 Å². The van der Waals surface area contributed by atoms with Crippen molar-refractivity contribution in [2.24, 2.45) is 0 Å². The predicted octanol–water partition coefficient (Wildman–Crippen LogP) is 9.96. The zero-order valence-electron chi connectivity index (χ0n) is 23.6. The summed E-state index contributed by atoms with van der Waals surface area (Å²) < 4.78 is 9.80. The fourth-order valence-corrected chi connectivity index (χ4v) is 17.3. The van der Waals surface area contributed by atoms with Gasteiger partial charge in [0, 0.05) is 0 Å². The molecule has 2 aromatic heterocycles. The van der Waals surface area contributed by atoms with Gasteiger partial charge in [-0.3, -0.25) is 0 Å². The molecule has 34 heavy (non-hydrogen) atoms. The standard InChI is InChI=1S/C23H34OS2.6CH3.2Sn/c1-3-4-5-6-7-8-9-10-11-12-13-14-17-24-21-16-19-26-23(21)22-20(2)15-18-25-22;;;;;;;;/h15-16H,3-14,17H2,1-2H3;6*1H3;;. The van der Waals surface area contributed by atoms with Gasteiger partial charge in [-0.2, -0.15) is 0 Å². The molecule has 2 aromatic rings. The molecule has 0 aliphatic carbocycles. The Kier molecular flexibility index (Phi) is 13.9. The van der Waals surface area contributed by atoms with E-state index in [2.05, 4.69) is 67.0 Å². The number of thiophene rings is 2. The van der Waals surface area contributed by atoms with Gasteiger partial charge in [-0.1, -0.05) is 39.0 Å². The van der Waals surface area contributed by atoms with Crippen molar-refractivity contribution in [3.63, 3.8) is 0 Å². The van der Waals surface area contributed by atoms with Crippen LogP contribution in [0.5, 0.6) is 5.75 Å². The van der Waals surface area contributed by atoms with Crippen LogP contribution in [0.2, 0.25) is 29.6 Å². The van der Waals surface area contributed by atoms with Crippen molar-refractivity contribution < 1.29 is 4.74 Å². The number of hydrogen-bond acceptors (Lipinski definition) is 3. The molecule has 0 spiro atoms. The third kappa shape index (κ3) is 10.7. The first-order valence-corrected chi connectivity index (χ1v) is 35.5. The topological polar surface area (TPSA) is 9.23 Å². The molecule has 2 heterocycles. The molecule has 0 saturated heterocycles. The maximum atomic E-state index is 6.48. The van der Waals surface area contributed by atoms with Crippen LogP contribution in [-0.4, -0.2) is 43.4 Å². The molecule has 0 aliphatic heterocycles. The second-order valence-electron chi connectivity index (χ2n) is 12.2. The Morgan fingerprint density at radius 2 is 1.06 bits per heavy atom. The van der Waals surface area contributed by atoms with Crippen molar-refractivity contribution in [2.75, 3.05) is 6.61 Å². The molecule has 194 valence electrons. The Hall–Kier alpha value is 0.797. The van der Waals surface area contributed by atoms with Crippen LogP contribution >= 0.6 is 22.7 Å². The quantitative estimate of drug-likeness (QED) is 0.117. The summed E-state index contributed by atoms with van der Waals surface area (Å²) >= 11 is -0.0700. The van der Waals surface area contributed by atoms with Crippen molar-refractivity contribution in [1.29, 1.82) is 0 Å². The zero-order valence-corrected chi connectivity index (χ0v) is 30.9. The molecule has 0 amide bonds. The minimum atomic E-state index is -2.13. The molecule has 0 saturated carbocycles. The monoisotopic (exact) mass is 720 g/mol. The number of aryl methyl sites for hydroxylation is 1. The van der Waals surface area contributed by atoms with Gasteiger partial charge in [-0.25, -0.2) is 0 Å². The summed E-state index contributed by atoms with van der Waals surface area (Å²) in [7, 11) is 0. The Labute approximate surface area is 228 Å². The Morgan fingerprint density at radius 1 is 0.618 bits per heavy atom. The molecule has 0 bridgehead atoms. The second kappa shape index (κ2) is 15.3. The van der Waals surface area contributed by atoms with E-state index in [1.54, 1.807) is 5.79 Å². The predicted molar refractivity (Wildman–Crippen MR) is 165 cm³/mol. The van der Waals surface area contributed by atoms with Crippen LogP contribution in [0.25, 0.3) is 9.75 Å². The molecule has 0 fully saturated rings. The van der Waals surface area contributed by atoms with E-state index in [0.717, 1.165) is 6.61 Å². The minimum absolute atomic E-state index is 0.871. The van der Waals surface area contributed by atoms with Crippen molar-refractivity contribution in [3.05, 3.63) is 17.7 Å². The summed E-state index contributed by atoms with van der Waals surface area (Å²) in [5, 5.41) is 0. The fourth-order valence-electron chi connectivity index (χ4n) is 4.21. The summed E-state index contributed by atoms with van der Waals surface area (Å²) in [6.45, 7) is 5.47. The molecule has 2 rings (SSSR count). The molecule has 0 atom stereocenters. The Balaban J connectivity index is 1.82. The summed E-state index contributed by atoms with van der Waals surface area (Å²) in [5.74, 6) is 1.18. The van der Waals surface area contributed by atoms with Gasteiger partial charge in [0.1, 0.15) is 0 Å². The SMILES string of the molecule is CCCCCCCCCCCCCCOc1c[c]([Sn]([CH3])([CH3])[CH3])sc1-c1s[c]([Sn]([CH3])([CH3])[CH3])cc1C. The van der Waals surface area contributed by atoms with E-state index >= 15 is 0 Å². The van der Waals surface area contributed by atoms with Crippen LogP contribution in [0, 0.1) is 6.92 Å². The molecule has 0 radical (unpaired) electrons. The number of hydrogen-bond donors (Lipinski definition) is 0. The van der Waals surface area contributed by atoms with Gasteiger partial charge < -0.3 is 0 Å². The molecular formula is C29H52OS2Sn2. The molecule has 1 nitrogen and oxygen atoms in total. The second-order valence-corrected chi connectivity index (χ2v) is 45.1. The first-order valence-electron chi connectivity index (χ1n) is 13.9. The van der Waals surface area contributed by atoms with E-state index in [-0.39, 0.29) is 0 Å². The molecule has 0 N–H and O–H groups in total. The van der Waals surface area contributed by atoms with Crippen LogP contribution in [0.15, 0.2) is 12.1 Å². The van der Waals surface area contributed by atoms with Gasteiger partial charge in [0.2, 0.25) is 0 Å². The Bertz CT molecular complexity index is 839. The summed E-state index contributed by atoms with van der Waals surface area (Å²) in [4.78, 5) is 18.1. The van der Waals surface area contributed by atoms with Gasteiger partial charge in [-0.05, 0) is 0 Å². The average Bonchev–Trinajstić information content (AvgIpc) is 3.34. The maximum absolute atomic E-state index is 6.48. The van der Waals surface area contributed by atoms with Crippen molar-refractivity contribution in [1.82, 2.24) is 0 Å². The fraction of sp³-hybridized carbons (Fsp3) is 0.724. The van der Waals surface area contributed by atoms with Crippen LogP contribution in [0.3, 0.4) is 0 Å². The summed E-state index contributed by atoms with van der Waals surface area (Å²) in [6, 6.07) is 4.92. The van der Waals surface area contributed by atoms with E-state index in [1.165, 1.54) is 98.1 Å². The summed E-state index contributed by atoms with van der Waals surface area (Å²) in [6.07, 6.45) is 16.7. The zero-order chi connectivity index (χ0) is 25.2. The van der Waals surface area contributed by atoms with Crippen molar-refractivity contribution in [3.8, 4) is 15.5 Å². The summed E-state index contributed by atoms with van der Waals surface area (Å²) in [5.41, 5.74) is 1.46. The normalized spacial score (nSPS) is 12.5. The number of ether oxygens (including phenoxy) is 1. The van der Waals surface area contributed by atoms with Crippen LogP contribution < -0.4 is 10.5 Å². The molecule has 5 heteroatoms. The van der Waals surface area contributed by atoms with Crippen LogP contribution in [0.4, 0.5) is 0 Å². The molecule has 0 unspecified atom stereocenters. The van der Waals surface area contributed by atoms with Gasteiger partial charge in [0.25, 0.3) is 0 Å². The number of rotatable bonds is 17. The van der Waals surface area contributed by atoms with Crippen LogP contribution in [0.1, 0.15) is 89.5 Å². The van der Waals surface area contributed by atoms with E-state index in [9.17, 15) is 0 Å². The average molecular weight is 718 g/mol. The molecule has 0 aromatic carbocycles. The third-order valence-electron chi connectivity index (χ3n) is 6.56. The van der Waals surface area contributed by atoms with Gasteiger partial charge >= 0.3 is 191 Å². The Morgan fingerprint density at radius 3 is 1.53 bits per heavy atom. The molecule has 0 aliphatic rings. The van der Waals surface area contributed by atoms with Gasteiger partial charge in [0.05, 0.1) is 0 Å². The molecular weight excluding hydrogens is 666 g/mol.